The molecule has 0 bridgehead atoms. The van der Waals surface area contributed by atoms with Crippen molar-refractivity contribution in [3.8, 4) is 0 Å². The fraction of sp³-hybridized carbons (Fsp3) is 0.417. The summed E-state index contributed by atoms with van der Waals surface area (Å²) in [6.45, 7) is 6.01. The Morgan fingerprint density at radius 2 is 2.00 bits per heavy atom. The Morgan fingerprint density at radius 3 is 2.56 bits per heavy atom. The molecule has 4 heteroatoms. The number of amides is 1. The van der Waals surface area contributed by atoms with Crippen molar-refractivity contribution in [3.05, 3.63) is 29.3 Å². The summed E-state index contributed by atoms with van der Waals surface area (Å²) in [6, 6.07) is 5.67. The molecule has 2 rings (SSSR count). The van der Waals surface area contributed by atoms with Gasteiger partial charge in [0.25, 0.3) is 0 Å². The van der Waals surface area contributed by atoms with Gasteiger partial charge in [-0.3, -0.25) is 4.79 Å². The van der Waals surface area contributed by atoms with Crippen LogP contribution >= 0.6 is 12.4 Å². The number of hydrogen-bond acceptors (Lipinski definition) is 2. The highest BCUT2D eigenvalue weighted by atomic mass is 35.5. The second-order valence-electron chi connectivity index (χ2n) is 4.34. The van der Waals surface area contributed by atoms with Crippen LogP contribution < -0.4 is 10.6 Å². The van der Waals surface area contributed by atoms with Gasteiger partial charge < -0.3 is 10.6 Å². The monoisotopic (exact) mass is 240 g/mol. The predicted octanol–water partition coefficient (Wildman–Crippen LogP) is 2.17. The largest absolute Gasteiger partial charge is 0.316 e. The summed E-state index contributed by atoms with van der Waals surface area (Å²) >= 11 is 0. The maximum atomic E-state index is 11.9. The fourth-order valence-electron chi connectivity index (χ4n) is 2.08. The average Bonchev–Trinajstić information content (AvgIpc) is 2.41. The number of halogens is 1. The zero-order valence-corrected chi connectivity index (χ0v) is 10.5. The van der Waals surface area contributed by atoms with E-state index in [1.807, 2.05) is 39.0 Å². The molecule has 3 nitrogen and oxygen atoms in total. The molecule has 1 aliphatic rings. The third-order valence-corrected chi connectivity index (χ3v) is 2.80. The fourth-order valence-corrected chi connectivity index (χ4v) is 2.08. The predicted molar refractivity (Wildman–Crippen MR) is 68.0 cm³/mol. The molecule has 0 spiro atoms. The Balaban J connectivity index is 0.00000128. The molecule has 2 N–H and O–H groups in total. The van der Waals surface area contributed by atoms with Gasteiger partial charge in [0, 0.05) is 17.3 Å². The standard InChI is InChI=1S/C12H16N2O.ClH/c1-7(2)14-10-5-4-8(3)6-9(10)11(13)12(14)15;/h4-7,11H,13H2,1-3H3;1H. The van der Waals surface area contributed by atoms with Gasteiger partial charge in [0.15, 0.2) is 0 Å². The molecule has 0 fully saturated rings. The van der Waals surface area contributed by atoms with Crippen molar-refractivity contribution in [1.82, 2.24) is 0 Å². The Morgan fingerprint density at radius 1 is 1.38 bits per heavy atom. The zero-order valence-electron chi connectivity index (χ0n) is 9.73. The molecule has 1 aromatic carbocycles. The van der Waals surface area contributed by atoms with Gasteiger partial charge in [0.05, 0.1) is 0 Å². The molecular weight excluding hydrogens is 224 g/mol. The third kappa shape index (κ3) is 1.81. The minimum Gasteiger partial charge on any atom is -0.316 e. The summed E-state index contributed by atoms with van der Waals surface area (Å²) in [7, 11) is 0. The molecule has 0 aliphatic carbocycles. The summed E-state index contributed by atoms with van der Waals surface area (Å²) in [5.41, 5.74) is 8.96. The van der Waals surface area contributed by atoms with E-state index in [2.05, 4.69) is 0 Å². The number of fused-ring (bicyclic) bond motifs is 1. The summed E-state index contributed by atoms with van der Waals surface area (Å²) in [6.07, 6.45) is 0. The molecule has 1 heterocycles. The van der Waals surface area contributed by atoms with E-state index in [0.29, 0.717) is 0 Å². The number of nitrogens with two attached hydrogens (primary N) is 1. The minimum absolute atomic E-state index is 0. The first-order valence-electron chi connectivity index (χ1n) is 5.21. The van der Waals surface area contributed by atoms with Crippen LogP contribution in [0.5, 0.6) is 0 Å². The van der Waals surface area contributed by atoms with E-state index >= 15 is 0 Å². The second kappa shape index (κ2) is 4.44. The van der Waals surface area contributed by atoms with Crippen LogP contribution in [-0.2, 0) is 4.79 Å². The summed E-state index contributed by atoms with van der Waals surface area (Å²) < 4.78 is 0. The number of aryl methyl sites for hydroxylation is 1. The number of carbonyl (C=O) groups excluding carboxylic acids is 1. The van der Waals surface area contributed by atoms with Gasteiger partial charge in [-0.2, -0.15) is 0 Å². The normalized spacial score (nSPS) is 18.7. The maximum absolute atomic E-state index is 11.9. The van der Waals surface area contributed by atoms with E-state index < -0.39 is 6.04 Å². The van der Waals surface area contributed by atoms with Crippen LogP contribution in [0.2, 0.25) is 0 Å². The molecule has 1 amide bonds. The lowest BCUT2D eigenvalue weighted by molar-refractivity contribution is -0.119. The number of rotatable bonds is 1. The molecule has 16 heavy (non-hydrogen) atoms. The first-order valence-corrected chi connectivity index (χ1v) is 5.21. The quantitative estimate of drug-likeness (QED) is 0.818. The number of anilines is 1. The van der Waals surface area contributed by atoms with Crippen LogP contribution in [0.1, 0.15) is 31.0 Å². The highest BCUT2D eigenvalue weighted by molar-refractivity contribution is 6.04. The highest BCUT2D eigenvalue weighted by Crippen LogP contribution is 2.36. The topological polar surface area (TPSA) is 46.3 Å². The van der Waals surface area contributed by atoms with Crippen molar-refractivity contribution in [2.75, 3.05) is 4.90 Å². The summed E-state index contributed by atoms with van der Waals surface area (Å²) in [5.74, 6) is 0.00519. The van der Waals surface area contributed by atoms with Gasteiger partial charge in [0.2, 0.25) is 5.91 Å². The van der Waals surface area contributed by atoms with E-state index in [9.17, 15) is 4.79 Å². The summed E-state index contributed by atoms with van der Waals surface area (Å²) in [4.78, 5) is 13.7. The first kappa shape index (κ1) is 13.0. The van der Waals surface area contributed by atoms with Crippen LogP contribution in [0.4, 0.5) is 5.69 Å². The molecule has 1 unspecified atom stereocenters. The minimum atomic E-state index is -0.484. The van der Waals surface area contributed by atoms with Gasteiger partial charge in [-0.1, -0.05) is 17.7 Å². The third-order valence-electron chi connectivity index (χ3n) is 2.80. The molecule has 1 aromatic rings. The number of carbonyl (C=O) groups is 1. The van der Waals surface area contributed by atoms with E-state index in [4.69, 9.17) is 5.73 Å². The van der Waals surface area contributed by atoms with Crippen LogP contribution in [0.25, 0.3) is 0 Å². The van der Waals surface area contributed by atoms with E-state index in [1.165, 1.54) is 0 Å². The zero-order chi connectivity index (χ0) is 11.2. The van der Waals surface area contributed by atoms with E-state index in [0.717, 1.165) is 16.8 Å². The van der Waals surface area contributed by atoms with Gasteiger partial charge in [-0.05, 0) is 26.8 Å². The van der Waals surface area contributed by atoms with Crippen molar-refractivity contribution in [2.45, 2.75) is 32.9 Å². The van der Waals surface area contributed by atoms with Crippen molar-refractivity contribution in [3.63, 3.8) is 0 Å². The number of benzene rings is 1. The van der Waals surface area contributed by atoms with Crippen molar-refractivity contribution < 1.29 is 4.79 Å². The number of nitrogens with zero attached hydrogens (tertiary/aromatic N) is 1. The van der Waals surface area contributed by atoms with Gasteiger partial charge in [-0.25, -0.2) is 0 Å². The summed E-state index contributed by atoms with van der Waals surface area (Å²) in [5, 5.41) is 0. The van der Waals surface area contributed by atoms with Crippen molar-refractivity contribution >= 4 is 24.0 Å². The molecule has 0 aromatic heterocycles. The lowest BCUT2D eigenvalue weighted by atomic mass is 10.1. The van der Waals surface area contributed by atoms with E-state index in [-0.39, 0.29) is 24.4 Å². The van der Waals surface area contributed by atoms with Crippen LogP contribution in [-0.4, -0.2) is 11.9 Å². The molecule has 1 atom stereocenters. The lowest BCUT2D eigenvalue weighted by Crippen LogP contribution is -2.36. The Hall–Kier alpha value is -1.06. The van der Waals surface area contributed by atoms with E-state index in [1.54, 1.807) is 4.90 Å². The van der Waals surface area contributed by atoms with Gasteiger partial charge >= 0.3 is 0 Å². The molecule has 1 aliphatic heterocycles. The molecule has 0 saturated carbocycles. The molecule has 0 saturated heterocycles. The SMILES string of the molecule is Cc1ccc2c(c1)C(N)C(=O)N2C(C)C.Cl. The number of hydrogen-bond donors (Lipinski definition) is 1. The van der Waals surface area contributed by atoms with Crippen LogP contribution in [0.3, 0.4) is 0 Å². The van der Waals surface area contributed by atoms with Crippen LogP contribution in [0, 0.1) is 6.92 Å². The molecular formula is C12H17ClN2O. The Labute approximate surface area is 102 Å². The Kier molecular flexibility index (Phi) is 3.61. The van der Waals surface area contributed by atoms with Crippen LogP contribution in [0.15, 0.2) is 18.2 Å². The first-order chi connectivity index (χ1) is 7.02. The highest BCUT2D eigenvalue weighted by Gasteiger charge is 2.35. The Bertz CT molecular complexity index is 417. The smallest absolute Gasteiger partial charge is 0.248 e. The lowest BCUT2D eigenvalue weighted by Gasteiger charge is -2.21. The van der Waals surface area contributed by atoms with Crippen molar-refractivity contribution in [1.29, 1.82) is 0 Å². The maximum Gasteiger partial charge on any atom is 0.248 e. The second-order valence-corrected chi connectivity index (χ2v) is 4.34. The van der Waals surface area contributed by atoms with Gasteiger partial charge in [-0.15, -0.1) is 12.4 Å². The average molecular weight is 241 g/mol. The molecule has 0 radical (unpaired) electrons. The van der Waals surface area contributed by atoms with Gasteiger partial charge in [0.1, 0.15) is 6.04 Å². The van der Waals surface area contributed by atoms with Crippen molar-refractivity contribution in [2.24, 2.45) is 5.73 Å². The molecule has 88 valence electrons.